The molecule has 5 heteroatoms. The van der Waals surface area contributed by atoms with Crippen LogP contribution in [-0.2, 0) is 11.3 Å². The lowest BCUT2D eigenvalue weighted by Crippen LogP contribution is -2.28. The number of hydrogen-bond acceptors (Lipinski definition) is 2. The molecular weight excluding hydrogens is 324 g/mol. The van der Waals surface area contributed by atoms with Crippen molar-refractivity contribution in [3.05, 3.63) is 70.2 Å². The van der Waals surface area contributed by atoms with Gasteiger partial charge in [-0.05, 0) is 47.7 Å². The first-order chi connectivity index (χ1) is 11.5. The topological polar surface area (TPSA) is 63.4 Å². The third kappa shape index (κ3) is 3.60. The highest BCUT2D eigenvalue weighted by Crippen LogP contribution is 2.48. The normalized spacial score (nSPS) is 18.9. The van der Waals surface area contributed by atoms with Crippen molar-refractivity contribution in [2.24, 2.45) is 11.7 Å². The average molecular weight is 343 g/mol. The van der Waals surface area contributed by atoms with E-state index >= 15 is 0 Å². The maximum Gasteiger partial charge on any atom is 0.248 e. The van der Waals surface area contributed by atoms with Gasteiger partial charge >= 0.3 is 0 Å². The van der Waals surface area contributed by atoms with Crippen molar-refractivity contribution in [1.29, 1.82) is 0 Å². The molecule has 3 rings (SSSR count). The Kier molecular flexibility index (Phi) is 4.58. The molecular formula is C19H19ClN2O2. The largest absolute Gasteiger partial charge is 0.366 e. The van der Waals surface area contributed by atoms with Crippen LogP contribution in [0.1, 0.15) is 33.8 Å². The molecule has 1 aliphatic rings. The van der Waals surface area contributed by atoms with Crippen molar-refractivity contribution in [2.45, 2.75) is 18.9 Å². The summed E-state index contributed by atoms with van der Waals surface area (Å²) in [5.41, 5.74) is 7.76. The summed E-state index contributed by atoms with van der Waals surface area (Å²) in [5, 5.41) is 0.697. The van der Waals surface area contributed by atoms with E-state index < -0.39 is 5.91 Å². The molecule has 0 spiro atoms. The second-order valence-electron chi connectivity index (χ2n) is 6.26. The standard InChI is InChI=1S/C19H19ClN2O2/c1-22(11-12-4-2-6-14(8-12)18(21)23)19(24)17-10-16(17)13-5-3-7-15(20)9-13/h2-9,16-17H,10-11H2,1H3,(H2,21,23)/t16-,17+/m0/s1. The maximum atomic E-state index is 12.6. The monoisotopic (exact) mass is 342 g/mol. The molecule has 0 unspecified atom stereocenters. The van der Waals surface area contributed by atoms with Crippen LogP contribution in [0.3, 0.4) is 0 Å². The quantitative estimate of drug-likeness (QED) is 0.906. The average Bonchev–Trinajstić information content (AvgIpc) is 3.35. The Morgan fingerprint density at radius 2 is 1.96 bits per heavy atom. The molecule has 124 valence electrons. The molecule has 2 amide bonds. The molecule has 2 atom stereocenters. The van der Waals surface area contributed by atoms with Gasteiger partial charge in [-0.25, -0.2) is 0 Å². The van der Waals surface area contributed by atoms with Crippen LogP contribution in [0.15, 0.2) is 48.5 Å². The lowest BCUT2D eigenvalue weighted by Gasteiger charge is -2.18. The zero-order valence-electron chi connectivity index (χ0n) is 13.4. The van der Waals surface area contributed by atoms with Gasteiger partial charge in [-0.15, -0.1) is 0 Å². The molecule has 2 aromatic rings. The Morgan fingerprint density at radius 1 is 1.21 bits per heavy atom. The molecule has 0 saturated heterocycles. The Balaban J connectivity index is 1.64. The molecule has 1 fully saturated rings. The smallest absolute Gasteiger partial charge is 0.248 e. The predicted molar refractivity (Wildman–Crippen MR) is 93.7 cm³/mol. The number of rotatable bonds is 5. The van der Waals surface area contributed by atoms with Crippen molar-refractivity contribution in [3.8, 4) is 0 Å². The molecule has 4 nitrogen and oxygen atoms in total. The Bertz CT molecular complexity index is 790. The van der Waals surface area contributed by atoms with Gasteiger partial charge in [0, 0.05) is 30.1 Å². The number of carbonyl (C=O) groups excluding carboxylic acids is 2. The third-order valence-electron chi connectivity index (χ3n) is 4.39. The molecule has 0 bridgehead atoms. The Hall–Kier alpha value is -2.33. The minimum absolute atomic E-state index is 0.00721. The van der Waals surface area contributed by atoms with E-state index in [4.69, 9.17) is 17.3 Å². The van der Waals surface area contributed by atoms with E-state index in [1.807, 2.05) is 30.3 Å². The summed E-state index contributed by atoms with van der Waals surface area (Å²) < 4.78 is 0. The minimum atomic E-state index is -0.464. The van der Waals surface area contributed by atoms with Gasteiger partial charge in [0.25, 0.3) is 0 Å². The van der Waals surface area contributed by atoms with Crippen LogP contribution < -0.4 is 5.73 Å². The molecule has 0 heterocycles. The first kappa shape index (κ1) is 16.5. The first-order valence-electron chi connectivity index (χ1n) is 7.85. The summed E-state index contributed by atoms with van der Waals surface area (Å²) in [6.45, 7) is 0.457. The number of carbonyl (C=O) groups is 2. The number of hydrogen-bond donors (Lipinski definition) is 1. The highest BCUT2D eigenvalue weighted by atomic mass is 35.5. The van der Waals surface area contributed by atoms with Gasteiger partial charge in [0.05, 0.1) is 0 Å². The van der Waals surface area contributed by atoms with Crippen molar-refractivity contribution >= 4 is 23.4 Å². The summed E-state index contributed by atoms with van der Waals surface area (Å²) in [4.78, 5) is 25.6. The van der Waals surface area contributed by atoms with Crippen LogP contribution in [0.4, 0.5) is 0 Å². The highest BCUT2D eigenvalue weighted by Gasteiger charge is 2.45. The van der Waals surface area contributed by atoms with Crippen molar-refractivity contribution in [1.82, 2.24) is 4.90 Å². The minimum Gasteiger partial charge on any atom is -0.366 e. The number of benzene rings is 2. The third-order valence-corrected chi connectivity index (χ3v) is 4.63. The molecule has 0 aliphatic heterocycles. The van der Waals surface area contributed by atoms with E-state index in [9.17, 15) is 9.59 Å². The van der Waals surface area contributed by atoms with E-state index in [0.717, 1.165) is 17.5 Å². The SMILES string of the molecule is CN(Cc1cccc(C(N)=O)c1)C(=O)[C@@H]1C[C@H]1c1cccc(Cl)c1. The fraction of sp³-hybridized carbons (Fsp3) is 0.263. The number of nitrogens with zero attached hydrogens (tertiary/aromatic N) is 1. The lowest BCUT2D eigenvalue weighted by atomic mass is 10.1. The van der Waals surface area contributed by atoms with E-state index in [2.05, 4.69) is 0 Å². The second-order valence-corrected chi connectivity index (χ2v) is 6.70. The van der Waals surface area contributed by atoms with Crippen LogP contribution in [0, 0.1) is 5.92 Å². The molecule has 24 heavy (non-hydrogen) atoms. The van der Waals surface area contributed by atoms with Crippen LogP contribution in [0.5, 0.6) is 0 Å². The van der Waals surface area contributed by atoms with Crippen LogP contribution in [0.25, 0.3) is 0 Å². The summed E-state index contributed by atoms with van der Waals surface area (Å²) >= 11 is 6.02. The van der Waals surface area contributed by atoms with Crippen LogP contribution >= 0.6 is 11.6 Å². The maximum absolute atomic E-state index is 12.6. The summed E-state index contributed by atoms with van der Waals surface area (Å²) in [6, 6.07) is 14.8. The summed E-state index contributed by atoms with van der Waals surface area (Å²) in [7, 11) is 1.78. The molecule has 1 saturated carbocycles. The number of primary amides is 1. The predicted octanol–water partition coefficient (Wildman–Crippen LogP) is 3.20. The van der Waals surface area contributed by atoms with Gasteiger partial charge in [0.1, 0.15) is 0 Å². The number of halogens is 1. The summed E-state index contributed by atoms with van der Waals surface area (Å²) in [6.07, 6.45) is 0.852. The molecule has 2 aromatic carbocycles. The van der Waals surface area contributed by atoms with Gasteiger partial charge in [0.2, 0.25) is 11.8 Å². The van der Waals surface area contributed by atoms with Gasteiger partial charge in [-0.1, -0.05) is 35.9 Å². The molecule has 0 radical (unpaired) electrons. The fourth-order valence-electron chi connectivity index (χ4n) is 3.03. The van der Waals surface area contributed by atoms with E-state index in [1.165, 1.54) is 0 Å². The molecule has 1 aliphatic carbocycles. The van der Waals surface area contributed by atoms with Crippen LogP contribution in [0.2, 0.25) is 5.02 Å². The van der Waals surface area contributed by atoms with E-state index in [-0.39, 0.29) is 17.7 Å². The molecule has 2 N–H and O–H groups in total. The zero-order valence-corrected chi connectivity index (χ0v) is 14.2. The number of nitrogens with two attached hydrogens (primary N) is 1. The number of amides is 2. The van der Waals surface area contributed by atoms with Crippen molar-refractivity contribution in [2.75, 3.05) is 7.05 Å². The van der Waals surface area contributed by atoms with Gasteiger partial charge in [-0.2, -0.15) is 0 Å². The van der Waals surface area contributed by atoms with Crippen molar-refractivity contribution < 1.29 is 9.59 Å². The summed E-state index contributed by atoms with van der Waals surface area (Å²) in [5.74, 6) is -0.0955. The Labute approximate surface area is 146 Å². The van der Waals surface area contributed by atoms with Crippen molar-refractivity contribution in [3.63, 3.8) is 0 Å². The second kappa shape index (κ2) is 6.65. The van der Waals surface area contributed by atoms with Gasteiger partial charge < -0.3 is 10.6 Å². The van der Waals surface area contributed by atoms with Gasteiger partial charge in [-0.3, -0.25) is 9.59 Å². The van der Waals surface area contributed by atoms with Gasteiger partial charge in [0.15, 0.2) is 0 Å². The Morgan fingerprint density at radius 3 is 2.67 bits per heavy atom. The fourth-order valence-corrected chi connectivity index (χ4v) is 3.23. The zero-order chi connectivity index (χ0) is 17.3. The lowest BCUT2D eigenvalue weighted by molar-refractivity contribution is -0.131. The van der Waals surface area contributed by atoms with Crippen LogP contribution in [-0.4, -0.2) is 23.8 Å². The molecule has 0 aromatic heterocycles. The highest BCUT2D eigenvalue weighted by molar-refractivity contribution is 6.30. The van der Waals surface area contributed by atoms with E-state index in [1.54, 1.807) is 30.1 Å². The first-order valence-corrected chi connectivity index (χ1v) is 8.22. The van der Waals surface area contributed by atoms with E-state index in [0.29, 0.717) is 17.1 Å².